The summed E-state index contributed by atoms with van der Waals surface area (Å²) in [4.78, 5) is 36.7. The van der Waals surface area contributed by atoms with Crippen molar-refractivity contribution in [1.82, 2.24) is 20.2 Å². The molecule has 0 spiro atoms. The summed E-state index contributed by atoms with van der Waals surface area (Å²) in [5.74, 6) is 0.519. The Morgan fingerprint density at radius 2 is 1.69 bits per heavy atom. The van der Waals surface area contributed by atoms with Crippen LogP contribution in [0, 0.1) is 0 Å². The number of hydrogen-bond donors (Lipinski definition) is 1. The van der Waals surface area contributed by atoms with Gasteiger partial charge in [-0.1, -0.05) is 11.6 Å². The van der Waals surface area contributed by atoms with Gasteiger partial charge in [0, 0.05) is 62.1 Å². The van der Waals surface area contributed by atoms with Crippen molar-refractivity contribution in [3.8, 4) is 0 Å². The molecule has 26 heavy (non-hydrogen) atoms. The van der Waals surface area contributed by atoms with E-state index < -0.39 is 0 Å². The van der Waals surface area contributed by atoms with E-state index in [-0.39, 0.29) is 18.2 Å². The maximum atomic E-state index is 12.3. The van der Waals surface area contributed by atoms with E-state index in [0.29, 0.717) is 49.3 Å². The van der Waals surface area contributed by atoms with E-state index in [9.17, 15) is 9.59 Å². The first-order chi connectivity index (χ1) is 12.6. The Kier molecular flexibility index (Phi) is 6.01. The summed E-state index contributed by atoms with van der Waals surface area (Å²) >= 11 is 5.80. The van der Waals surface area contributed by atoms with Gasteiger partial charge >= 0.3 is 0 Å². The second-order valence-corrected chi connectivity index (χ2v) is 6.37. The number of piperazine rings is 1. The van der Waals surface area contributed by atoms with Crippen LogP contribution in [0.1, 0.15) is 16.8 Å². The van der Waals surface area contributed by atoms with Gasteiger partial charge in [0.25, 0.3) is 5.91 Å². The Bertz CT molecular complexity index is 746. The number of nitrogens with zero attached hydrogens (tertiary/aromatic N) is 4. The molecular formula is C18H20ClN5O2. The van der Waals surface area contributed by atoms with Crippen molar-refractivity contribution in [2.75, 3.05) is 37.6 Å². The SMILES string of the molecule is O=C(NCCC(=O)N1CCN(c2ncccn2)CC1)c1ccc(Cl)cc1. The average Bonchev–Trinajstić information content (AvgIpc) is 2.69. The molecule has 0 radical (unpaired) electrons. The molecule has 0 saturated carbocycles. The van der Waals surface area contributed by atoms with Crippen LogP contribution in [0.25, 0.3) is 0 Å². The molecule has 1 saturated heterocycles. The van der Waals surface area contributed by atoms with Crippen molar-refractivity contribution in [2.24, 2.45) is 0 Å². The minimum atomic E-state index is -0.208. The largest absolute Gasteiger partial charge is 0.352 e. The van der Waals surface area contributed by atoms with Crippen molar-refractivity contribution in [1.29, 1.82) is 0 Å². The van der Waals surface area contributed by atoms with Crippen LogP contribution in [-0.4, -0.2) is 59.4 Å². The highest BCUT2D eigenvalue weighted by atomic mass is 35.5. The summed E-state index contributed by atoms with van der Waals surface area (Å²) in [5, 5.41) is 3.34. The molecule has 0 bridgehead atoms. The maximum Gasteiger partial charge on any atom is 0.251 e. The van der Waals surface area contributed by atoms with Crippen LogP contribution in [-0.2, 0) is 4.79 Å². The molecule has 1 aliphatic heterocycles. The van der Waals surface area contributed by atoms with Crippen LogP contribution in [0.3, 0.4) is 0 Å². The lowest BCUT2D eigenvalue weighted by atomic mass is 10.2. The second kappa shape index (κ2) is 8.62. The number of rotatable bonds is 5. The number of aromatic nitrogens is 2. The molecule has 0 atom stereocenters. The molecule has 3 rings (SSSR count). The first-order valence-corrected chi connectivity index (χ1v) is 8.85. The van der Waals surface area contributed by atoms with E-state index in [0.717, 1.165) is 0 Å². The van der Waals surface area contributed by atoms with Crippen LogP contribution in [0.4, 0.5) is 5.95 Å². The smallest absolute Gasteiger partial charge is 0.251 e. The fourth-order valence-corrected chi connectivity index (χ4v) is 2.88. The lowest BCUT2D eigenvalue weighted by molar-refractivity contribution is -0.131. The predicted molar refractivity (Wildman–Crippen MR) is 99.2 cm³/mol. The minimum absolute atomic E-state index is 0.0371. The fraction of sp³-hybridized carbons (Fsp3) is 0.333. The number of amides is 2. The standard InChI is InChI=1S/C18H20ClN5O2/c19-15-4-2-14(3-5-15)17(26)20-9-6-16(25)23-10-12-24(13-11-23)18-21-7-1-8-22-18/h1-5,7-8H,6,9-13H2,(H,20,26). The summed E-state index contributed by atoms with van der Waals surface area (Å²) < 4.78 is 0. The van der Waals surface area contributed by atoms with Crippen molar-refractivity contribution < 1.29 is 9.59 Å². The van der Waals surface area contributed by atoms with E-state index in [1.807, 2.05) is 4.90 Å². The van der Waals surface area contributed by atoms with E-state index in [4.69, 9.17) is 11.6 Å². The molecule has 1 aromatic heterocycles. The van der Waals surface area contributed by atoms with Gasteiger partial charge < -0.3 is 15.1 Å². The second-order valence-electron chi connectivity index (χ2n) is 5.93. The molecule has 1 aromatic carbocycles. The molecule has 2 heterocycles. The van der Waals surface area contributed by atoms with Crippen LogP contribution >= 0.6 is 11.6 Å². The minimum Gasteiger partial charge on any atom is -0.352 e. The van der Waals surface area contributed by atoms with Gasteiger partial charge in [-0.25, -0.2) is 9.97 Å². The maximum absolute atomic E-state index is 12.3. The zero-order valence-electron chi connectivity index (χ0n) is 14.3. The Balaban J connectivity index is 1.40. The van der Waals surface area contributed by atoms with E-state index in [1.54, 1.807) is 42.7 Å². The molecule has 0 unspecified atom stereocenters. The van der Waals surface area contributed by atoms with Crippen molar-refractivity contribution in [3.63, 3.8) is 0 Å². The van der Waals surface area contributed by atoms with Gasteiger partial charge in [0.1, 0.15) is 0 Å². The zero-order chi connectivity index (χ0) is 18.4. The van der Waals surface area contributed by atoms with E-state index in [1.165, 1.54) is 0 Å². The molecule has 2 amide bonds. The Labute approximate surface area is 157 Å². The lowest BCUT2D eigenvalue weighted by Gasteiger charge is -2.34. The van der Waals surface area contributed by atoms with Gasteiger partial charge in [0.05, 0.1) is 0 Å². The third-order valence-electron chi connectivity index (χ3n) is 4.20. The van der Waals surface area contributed by atoms with Gasteiger partial charge in [0.2, 0.25) is 11.9 Å². The van der Waals surface area contributed by atoms with Gasteiger partial charge in [-0.2, -0.15) is 0 Å². The number of halogens is 1. The summed E-state index contributed by atoms with van der Waals surface area (Å²) in [5.41, 5.74) is 0.526. The summed E-state index contributed by atoms with van der Waals surface area (Å²) in [7, 11) is 0. The number of nitrogens with one attached hydrogen (secondary N) is 1. The van der Waals surface area contributed by atoms with Crippen LogP contribution in [0.5, 0.6) is 0 Å². The average molecular weight is 374 g/mol. The number of carbonyl (C=O) groups is 2. The fourth-order valence-electron chi connectivity index (χ4n) is 2.75. The Morgan fingerprint density at radius 3 is 2.35 bits per heavy atom. The molecule has 7 nitrogen and oxygen atoms in total. The Hall–Kier alpha value is -2.67. The quantitative estimate of drug-likeness (QED) is 0.861. The number of benzene rings is 1. The highest BCUT2D eigenvalue weighted by Crippen LogP contribution is 2.11. The molecule has 1 fully saturated rings. The molecule has 8 heteroatoms. The first-order valence-electron chi connectivity index (χ1n) is 8.47. The first kappa shape index (κ1) is 18.1. The molecule has 136 valence electrons. The van der Waals surface area contributed by atoms with Gasteiger partial charge in [-0.3, -0.25) is 9.59 Å². The Morgan fingerprint density at radius 1 is 1.04 bits per heavy atom. The van der Waals surface area contributed by atoms with E-state index in [2.05, 4.69) is 20.2 Å². The number of anilines is 1. The van der Waals surface area contributed by atoms with Crippen LogP contribution < -0.4 is 10.2 Å². The van der Waals surface area contributed by atoms with Crippen LogP contribution in [0.2, 0.25) is 5.02 Å². The normalized spacial score (nSPS) is 14.2. The number of carbonyl (C=O) groups excluding carboxylic acids is 2. The molecule has 1 aliphatic rings. The summed E-state index contributed by atoms with van der Waals surface area (Å²) in [6.45, 7) is 2.96. The topological polar surface area (TPSA) is 78.4 Å². The third kappa shape index (κ3) is 4.70. The van der Waals surface area contributed by atoms with Gasteiger partial charge in [-0.15, -0.1) is 0 Å². The predicted octanol–water partition coefficient (Wildman–Crippen LogP) is 1.60. The molecule has 2 aromatic rings. The van der Waals surface area contributed by atoms with Gasteiger partial charge in [-0.05, 0) is 30.3 Å². The van der Waals surface area contributed by atoms with Gasteiger partial charge in [0.15, 0.2) is 0 Å². The van der Waals surface area contributed by atoms with Crippen molar-refractivity contribution in [2.45, 2.75) is 6.42 Å². The highest BCUT2D eigenvalue weighted by molar-refractivity contribution is 6.30. The zero-order valence-corrected chi connectivity index (χ0v) is 15.0. The lowest BCUT2D eigenvalue weighted by Crippen LogP contribution is -2.49. The molecule has 0 aliphatic carbocycles. The van der Waals surface area contributed by atoms with Crippen molar-refractivity contribution >= 4 is 29.4 Å². The van der Waals surface area contributed by atoms with Crippen molar-refractivity contribution in [3.05, 3.63) is 53.3 Å². The number of hydrogen-bond acceptors (Lipinski definition) is 5. The van der Waals surface area contributed by atoms with E-state index >= 15 is 0 Å². The summed E-state index contributed by atoms with van der Waals surface area (Å²) in [6.07, 6.45) is 3.70. The highest BCUT2D eigenvalue weighted by Gasteiger charge is 2.22. The molecular weight excluding hydrogens is 354 g/mol. The molecule has 1 N–H and O–H groups in total. The van der Waals surface area contributed by atoms with Crippen LogP contribution in [0.15, 0.2) is 42.7 Å². The monoisotopic (exact) mass is 373 g/mol. The summed E-state index contributed by atoms with van der Waals surface area (Å²) in [6, 6.07) is 8.42. The third-order valence-corrected chi connectivity index (χ3v) is 4.45.